The maximum Gasteiger partial charge on any atom is 0.249 e. The Balaban J connectivity index is 2.87. The molecule has 0 aliphatic carbocycles. The van der Waals surface area contributed by atoms with Crippen molar-refractivity contribution in [2.24, 2.45) is 5.92 Å². The molecule has 96 valence electrons. The summed E-state index contributed by atoms with van der Waals surface area (Å²) in [6.07, 6.45) is 3.25. The van der Waals surface area contributed by atoms with Crippen molar-refractivity contribution >= 4 is 6.08 Å². The Morgan fingerprint density at radius 2 is 2.06 bits per heavy atom. The highest BCUT2D eigenvalue weighted by molar-refractivity contribution is 5.52. The fourth-order valence-corrected chi connectivity index (χ4v) is 1.42. The number of hydrogen-bond acceptors (Lipinski definition) is 3. The van der Waals surface area contributed by atoms with Crippen LogP contribution in [0.3, 0.4) is 0 Å². The predicted molar refractivity (Wildman–Crippen MR) is 71.9 cm³/mol. The number of benzene rings is 1. The van der Waals surface area contributed by atoms with Crippen LogP contribution in [0, 0.1) is 16.0 Å². The highest BCUT2D eigenvalue weighted by Crippen LogP contribution is 2.18. The van der Waals surface area contributed by atoms with Crippen LogP contribution in [-0.4, -0.2) is 11.5 Å². The summed E-state index contributed by atoms with van der Waals surface area (Å²) in [4.78, 5) is 10.5. The van der Waals surface area contributed by atoms with Gasteiger partial charge in [0.1, 0.15) is 12.4 Å². The van der Waals surface area contributed by atoms with Gasteiger partial charge in [-0.1, -0.05) is 38.6 Å². The van der Waals surface area contributed by atoms with Gasteiger partial charge in [0.15, 0.2) is 0 Å². The van der Waals surface area contributed by atoms with Crippen LogP contribution >= 0.6 is 0 Å². The molecule has 0 saturated carbocycles. The van der Waals surface area contributed by atoms with Gasteiger partial charge in [0, 0.05) is 12.0 Å². The summed E-state index contributed by atoms with van der Waals surface area (Å²) >= 11 is 0. The number of ether oxygens (including phenoxy) is 1. The first-order chi connectivity index (χ1) is 8.54. The van der Waals surface area contributed by atoms with Crippen LogP contribution in [0.2, 0.25) is 0 Å². The lowest BCUT2D eigenvalue weighted by atomic mass is 10.1. The third kappa shape index (κ3) is 4.05. The summed E-state index contributed by atoms with van der Waals surface area (Å²) in [6.45, 7) is 7.61. The third-order valence-corrected chi connectivity index (χ3v) is 2.36. The van der Waals surface area contributed by atoms with Gasteiger partial charge in [0.05, 0.1) is 4.92 Å². The van der Waals surface area contributed by atoms with E-state index in [1.807, 2.05) is 0 Å². The standard InChI is InChI=1S/C14H17NO3/c1-4-9-18-13-7-5-12(6-8-13)10-14(11(2)3)15(16)17/h4-8,10-11H,1,9H2,2-3H3/b14-10-. The minimum Gasteiger partial charge on any atom is -0.490 e. The first kappa shape index (κ1) is 14.0. The number of hydrogen-bond donors (Lipinski definition) is 0. The van der Waals surface area contributed by atoms with Crippen LogP contribution in [0.25, 0.3) is 6.08 Å². The van der Waals surface area contributed by atoms with E-state index < -0.39 is 0 Å². The van der Waals surface area contributed by atoms with Gasteiger partial charge in [0.2, 0.25) is 5.70 Å². The summed E-state index contributed by atoms with van der Waals surface area (Å²) in [6, 6.07) is 7.16. The molecule has 4 nitrogen and oxygen atoms in total. The second kappa shape index (κ2) is 6.59. The van der Waals surface area contributed by atoms with Crippen molar-refractivity contribution < 1.29 is 9.66 Å². The highest BCUT2D eigenvalue weighted by Gasteiger charge is 2.15. The summed E-state index contributed by atoms with van der Waals surface area (Å²) in [5.41, 5.74) is 0.996. The van der Waals surface area contributed by atoms with E-state index in [4.69, 9.17) is 4.74 Å². The average Bonchev–Trinajstić information content (AvgIpc) is 2.34. The first-order valence-electron chi connectivity index (χ1n) is 5.74. The molecule has 1 rings (SSSR count). The average molecular weight is 247 g/mol. The van der Waals surface area contributed by atoms with Crippen molar-refractivity contribution in [2.75, 3.05) is 6.61 Å². The van der Waals surface area contributed by atoms with Crippen LogP contribution < -0.4 is 4.74 Å². The van der Waals surface area contributed by atoms with Crippen molar-refractivity contribution in [1.29, 1.82) is 0 Å². The molecule has 0 radical (unpaired) electrons. The Morgan fingerprint density at radius 1 is 1.44 bits per heavy atom. The number of allylic oxidation sites excluding steroid dienone is 1. The molecule has 0 unspecified atom stereocenters. The normalized spacial score (nSPS) is 11.4. The van der Waals surface area contributed by atoms with E-state index in [0.29, 0.717) is 6.61 Å². The molecular weight excluding hydrogens is 230 g/mol. The zero-order valence-electron chi connectivity index (χ0n) is 10.6. The summed E-state index contributed by atoms with van der Waals surface area (Å²) in [5, 5.41) is 10.9. The molecule has 0 aliphatic rings. The highest BCUT2D eigenvalue weighted by atomic mass is 16.6. The molecule has 0 heterocycles. The lowest BCUT2D eigenvalue weighted by molar-refractivity contribution is -0.431. The van der Waals surface area contributed by atoms with Gasteiger partial charge in [-0.15, -0.1) is 0 Å². The molecule has 0 aliphatic heterocycles. The lowest BCUT2D eigenvalue weighted by Gasteiger charge is -2.04. The molecule has 0 aromatic heterocycles. The smallest absolute Gasteiger partial charge is 0.249 e. The van der Waals surface area contributed by atoms with Crippen molar-refractivity contribution in [2.45, 2.75) is 13.8 Å². The van der Waals surface area contributed by atoms with Gasteiger partial charge in [0.25, 0.3) is 0 Å². The van der Waals surface area contributed by atoms with Crippen molar-refractivity contribution in [1.82, 2.24) is 0 Å². The van der Waals surface area contributed by atoms with Gasteiger partial charge in [-0.05, 0) is 17.7 Å². The molecule has 1 aromatic rings. The van der Waals surface area contributed by atoms with Crippen molar-refractivity contribution in [3.63, 3.8) is 0 Å². The molecule has 0 bridgehead atoms. The van der Waals surface area contributed by atoms with E-state index in [2.05, 4.69) is 6.58 Å². The Morgan fingerprint density at radius 3 is 2.50 bits per heavy atom. The summed E-state index contributed by atoms with van der Waals surface area (Å²) in [5.74, 6) is 0.607. The second-order valence-corrected chi connectivity index (χ2v) is 4.15. The SMILES string of the molecule is C=CCOc1ccc(/C=C(/C(C)C)[N+](=O)[O-])cc1. The number of nitrogens with zero attached hydrogens (tertiary/aromatic N) is 1. The third-order valence-electron chi connectivity index (χ3n) is 2.36. The molecule has 0 spiro atoms. The summed E-state index contributed by atoms with van der Waals surface area (Å²) < 4.78 is 5.34. The minimum absolute atomic E-state index is 0.114. The number of rotatable bonds is 6. The quantitative estimate of drug-likeness (QED) is 0.439. The van der Waals surface area contributed by atoms with E-state index in [1.54, 1.807) is 50.3 Å². The Labute approximate surface area is 107 Å². The topological polar surface area (TPSA) is 52.4 Å². The second-order valence-electron chi connectivity index (χ2n) is 4.15. The van der Waals surface area contributed by atoms with E-state index >= 15 is 0 Å². The first-order valence-corrected chi connectivity index (χ1v) is 5.74. The molecule has 0 fully saturated rings. The van der Waals surface area contributed by atoms with E-state index in [1.165, 1.54) is 0 Å². The van der Waals surface area contributed by atoms with Crippen LogP contribution in [-0.2, 0) is 0 Å². The maximum absolute atomic E-state index is 10.9. The van der Waals surface area contributed by atoms with Gasteiger partial charge in [-0.25, -0.2) is 0 Å². The molecule has 0 N–H and O–H groups in total. The van der Waals surface area contributed by atoms with Crippen LogP contribution in [0.1, 0.15) is 19.4 Å². The largest absolute Gasteiger partial charge is 0.490 e. The summed E-state index contributed by atoms with van der Waals surface area (Å²) in [7, 11) is 0. The van der Waals surface area contributed by atoms with Gasteiger partial charge in [-0.3, -0.25) is 10.1 Å². The van der Waals surface area contributed by atoms with Gasteiger partial charge >= 0.3 is 0 Å². The predicted octanol–water partition coefficient (Wildman–Crippen LogP) is 3.53. The molecule has 0 saturated heterocycles. The van der Waals surface area contributed by atoms with Crippen molar-refractivity contribution in [3.05, 3.63) is 58.3 Å². The van der Waals surface area contributed by atoms with Crippen LogP contribution in [0.5, 0.6) is 5.75 Å². The minimum atomic E-state index is -0.340. The van der Waals surface area contributed by atoms with Gasteiger partial charge in [-0.2, -0.15) is 0 Å². The van der Waals surface area contributed by atoms with Crippen LogP contribution in [0.15, 0.2) is 42.6 Å². The van der Waals surface area contributed by atoms with E-state index in [9.17, 15) is 10.1 Å². The molecule has 4 heteroatoms. The molecule has 18 heavy (non-hydrogen) atoms. The molecule has 1 aromatic carbocycles. The Kier molecular flexibility index (Phi) is 5.11. The molecular formula is C14H17NO3. The maximum atomic E-state index is 10.9. The Hall–Kier alpha value is -2.10. The Bertz CT molecular complexity index is 447. The lowest BCUT2D eigenvalue weighted by Crippen LogP contribution is -2.05. The van der Waals surface area contributed by atoms with E-state index in [0.717, 1.165) is 11.3 Å². The number of nitro groups is 1. The zero-order chi connectivity index (χ0) is 13.5. The van der Waals surface area contributed by atoms with E-state index in [-0.39, 0.29) is 16.5 Å². The molecule has 0 atom stereocenters. The zero-order valence-corrected chi connectivity index (χ0v) is 10.6. The monoisotopic (exact) mass is 247 g/mol. The fourth-order valence-electron chi connectivity index (χ4n) is 1.42. The van der Waals surface area contributed by atoms with Crippen LogP contribution in [0.4, 0.5) is 0 Å². The van der Waals surface area contributed by atoms with Crippen molar-refractivity contribution in [3.8, 4) is 5.75 Å². The fraction of sp³-hybridized carbons (Fsp3) is 0.286. The van der Waals surface area contributed by atoms with Gasteiger partial charge < -0.3 is 4.74 Å². The molecule has 0 amide bonds.